The Morgan fingerprint density at radius 3 is 2.68 bits per heavy atom. The lowest BCUT2D eigenvalue weighted by Crippen LogP contribution is -2.34. The van der Waals surface area contributed by atoms with Crippen LogP contribution in [0.2, 0.25) is 0 Å². The van der Waals surface area contributed by atoms with Gasteiger partial charge >= 0.3 is 6.18 Å². The standard InChI is InChI=1S/C19H25F3N2O/c20-19(21,22)16-3-1-2-14(12-16)8-10-23-17-6-7-18(25)24(11-9-17)13-15-4-5-15/h1-3,12,15,17,23H,4-11,13H2. The lowest BCUT2D eigenvalue weighted by Gasteiger charge is -2.21. The summed E-state index contributed by atoms with van der Waals surface area (Å²) in [6, 6.07) is 5.76. The van der Waals surface area contributed by atoms with Gasteiger partial charge in [-0.05, 0) is 56.2 Å². The summed E-state index contributed by atoms with van der Waals surface area (Å²) in [5.74, 6) is 0.948. The molecule has 1 saturated carbocycles. The van der Waals surface area contributed by atoms with Crippen molar-refractivity contribution in [2.75, 3.05) is 19.6 Å². The summed E-state index contributed by atoms with van der Waals surface area (Å²) in [5.41, 5.74) is 0.0863. The molecule has 138 valence electrons. The topological polar surface area (TPSA) is 32.3 Å². The number of carbonyl (C=O) groups is 1. The van der Waals surface area contributed by atoms with Gasteiger partial charge in [-0.3, -0.25) is 4.79 Å². The van der Waals surface area contributed by atoms with Crippen LogP contribution < -0.4 is 5.32 Å². The summed E-state index contributed by atoms with van der Waals surface area (Å²) in [5, 5.41) is 3.42. The molecule has 6 heteroatoms. The van der Waals surface area contributed by atoms with Crippen LogP contribution in [0.1, 0.15) is 43.2 Å². The van der Waals surface area contributed by atoms with Gasteiger partial charge in [0, 0.05) is 25.6 Å². The van der Waals surface area contributed by atoms with Crippen molar-refractivity contribution < 1.29 is 18.0 Å². The first-order valence-electron chi connectivity index (χ1n) is 9.09. The maximum absolute atomic E-state index is 12.7. The first kappa shape index (κ1) is 18.2. The number of alkyl halides is 3. The Kier molecular flexibility index (Phi) is 5.67. The molecule has 1 aromatic rings. The second-order valence-electron chi connectivity index (χ2n) is 7.21. The molecule has 1 aliphatic carbocycles. The number of hydrogen-bond donors (Lipinski definition) is 1. The van der Waals surface area contributed by atoms with E-state index in [9.17, 15) is 18.0 Å². The largest absolute Gasteiger partial charge is 0.416 e. The molecule has 1 N–H and O–H groups in total. The zero-order valence-corrected chi connectivity index (χ0v) is 14.3. The molecule has 2 aliphatic rings. The lowest BCUT2D eigenvalue weighted by atomic mass is 10.1. The van der Waals surface area contributed by atoms with E-state index >= 15 is 0 Å². The van der Waals surface area contributed by atoms with E-state index in [0.29, 0.717) is 30.9 Å². The van der Waals surface area contributed by atoms with Crippen molar-refractivity contribution in [2.45, 2.75) is 50.7 Å². The fraction of sp³-hybridized carbons (Fsp3) is 0.632. The number of carbonyl (C=O) groups excluding carboxylic acids is 1. The van der Waals surface area contributed by atoms with E-state index in [2.05, 4.69) is 5.32 Å². The highest BCUT2D eigenvalue weighted by Gasteiger charge is 2.30. The Bertz CT molecular complexity index is 599. The normalized spacial score (nSPS) is 22.1. The summed E-state index contributed by atoms with van der Waals surface area (Å²) in [6.45, 7) is 2.31. The van der Waals surface area contributed by atoms with Crippen LogP contribution in [0.3, 0.4) is 0 Å². The van der Waals surface area contributed by atoms with E-state index in [1.165, 1.54) is 25.0 Å². The molecule has 3 nitrogen and oxygen atoms in total. The van der Waals surface area contributed by atoms with Crippen molar-refractivity contribution in [1.82, 2.24) is 10.2 Å². The number of hydrogen-bond acceptors (Lipinski definition) is 2. The van der Waals surface area contributed by atoms with Crippen molar-refractivity contribution in [2.24, 2.45) is 5.92 Å². The highest BCUT2D eigenvalue weighted by molar-refractivity contribution is 5.76. The van der Waals surface area contributed by atoms with Crippen LogP contribution in [0.5, 0.6) is 0 Å². The van der Waals surface area contributed by atoms with Gasteiger partial charge in [-0.2, -0.15) is 13.2 Å². The average Bonchev–Trinajstić information content (AvgIpc) is 3.39. The zero-order chi connectivity index (χ0) is 17.9. The minimum absolute atomic E-state index is 0.245. The van der Waals surface area contributed by atoms with Gasteiger partial charge in [0.2, 0.25) is 5.91 Å². The monoisotopic (exact) mass is 354 g/mol. The van der Waals surface area contributed by atoms with E-state index in [4.69, 9.17) is 0 Å². The number of rotatable bonds is 6. The van der Waals surface area contributed by atoms with E-state index in [1.807, 2.05) is 4.90 Å². The molecule has 0 radical (unpaired) electrons. The molecule has 1 aliphatic heterocycles. The van der Waals surface area contributed by atoms with Crippen molar-refractivity contribution in [3.63, 3.8) is 0 Å². The number of nitrogens with zero attached hydrogens (tertiary/aromatic N) is 1. The molecule has 3 rings (SSSR count). The molecule has 1 amide bonds. The summed E-state index contributed by atoms with van der Waals surface area (Å²) in [6.07, 6.45) is 1.03. The van der Waals surface area contributed by atoms with Gasteiger partial charge < -0.3 is 10.2 Å². The summed E-state index contributed by atoms with van der Waals surface area (Å²) in [7, 11) is 0. The van der Waals surface area contributed by atoms with Gasteiger partial charge in [0.15, 0.2) is 0 Å². The van der Waals surface area contributed by atoms with Crippen molar-refractivity contribution in [3.05, 3.63) is 35.4 Å². The highest BCUT2D eigenvalue weighted by atomic mass is 19.4. The molecule has 2 fully saturated rings. The zero-order valence-electron chi connectivity index (χ0n) is 14.3. The molecule has 1 atom stereocenters. The number of halogens is 3. The van der Waals surface area contributed by atoms with Gasteiger partial charge in [-0.25, -0.2) is 0 Å². The van der Waals surface area contributed by atoms with Crippen LogP contribution >= 0.6 is 0 Å². The van der Waals surface area contributed by atoms with Gasteiger partial charge in [0.1, 0.15) is 0 Å². The average molecular weight is 354 g/mol. The van der Waals surface area contributed by atoms with E-state index in [1.54, 1.807) is 6.07 Å². The molecule has 0 aromatic heterocycles. The van der Waals surface area contributed by atoms with Crippen LogP contribution in [0, 0.1) is 5.92 Å². The predicted molar refractivity (Wildman–Crippen MR) is 90.1 cm³/mol. The first-order chi connectivity index (χ1) is 11.9. The number of benzene rings is 1. The fourth-order valence-electron chi connectivity index (χ4n) is 3.37. The number of nitrogens with one attached hydrogen (secondary N) is 1. The predicted octanol–water partition coefficient (Wildman–Crippen LogP) is 3.63. The Labute approximate surface area is 146 Å². The number of amides is 1. The minimum atomic E-state index is -4.30. The van der Waals surface area contributed by atoms with Crippen molar-refractivity contribution in [3.8, 4) is 0 Å². The maximum Gasteiger partial charge on any atom is 0.416 e. The first-order valence-corrected chi connectivity index (χ1v) is 9.09. The molecule has 1 aromatic carbocycles. The second kappa shape index (κ2) is 7.77. The third-order valence-electron chi connectivity index (χ3n) is 5.08. The van der Waals surface area contributed by atoms with Crippen molar-refractivity contribution in [1.29, 1.82) is 0 Å². The Balaban J connectivity index is 1.45. The van der Waals surface area contributed by atoms with Gasteiger partial charge in [0.05, 0.1) is 5.56 Å². The van der Waals surface area contributed by atoms with Gasteiger partial charge in [0.25, 0.3) is 0 Å². The molecule has 0 bridgehead atoms. The maximum atomic E-state index is 12.7. The molecule has 1 saturated heterocycles. The molecule has 0 spiro atoms. The van der Waals surface area contributed by atoms with Crippen LogP contribution in [-0.4, -0.2) is 36.5 Å². The van der Waals surface area contributed by atoms with Crippen LogP contribution in [-0.2, 0) is 17.4 Å². The fourth-order valence-corrected chi connectivity index (χ4v) is 3.37. The lowest BCUT2D eigenvalue weighted by molar-refractivity contribution is -0.137. The van der Waals surface area contributed by atoms with Gasteiger partial charge in [-0.15, -0.1) is 0 Å². The Morgan fingerprint density at radius 2 is 1.96 bits per heavy atom. The number of likely N-dealkylation sites (tertiary alicyclic amines) is 1. The van der Waals surface area contributed by atoms with E-state index in [0.717, 1.165) is 32.0 Å². The summed E-state index contributed by atoms with van der Waals surface area (Å²) < 4.78 is 38.2. The quantitative estimate of drug-likeness (QED) is 0.846. The highest BCUT2D eigenvalue weighted by Crippen LogP contribution is 2.31. The molecule has 25 heavy (non-hydrogen) atoms. The Hall–Kier alpha value is -1.56. The molecular formula is C19H25F3N2O. The smallest absolute Gasteiger partial charge is 0.342 e. The van der Waals surface area contributed by atoms with E-state index in [-0.39, 0.29) is 11.9 Å². The second-order valence-corrected chi connectivity index (χ2v) is 7.21. The minimum Gasteiger partial charge on any atom is -0.342 e. The van der Waals surface area contributed by atoms with Gasteiger partial charge in [-0.1, -0.05) is 18.2 Å². The van der Waals surface area contributed by atoms with Crippen LogP contribution in [0.15, 0.2) is 24.3 Å². The molecule has 1 unspecified atom stereocenters. The van der Waals surface area contributed by atoms with Crippen molar-refractivity contribution >= 4 is 5.91 Å². The van der Waals surface area contributed by atoms with E-state index < -0.39 is 11.7 Å². The molecule has 1 heterocycles. The third kappa shape index (κ3) is 5.46. The summed E-state index contributed by atoms with van der Waals surface area (Å²) in [4.78, 5) is 14.1. The van der Waals surface area contributed by atoms with Crippen LogP contribution in [0.4, 0.5) is 13.2 Å². The Morgan fingerprint density at radius 1 is 1.16 bits per heavy atom. The summed E-state index contributed by atoms with van der Waals surface area (Å²) >= 11 is 0. The third-order valence-corrected chi connectivity index (χ3v) is 5.08. The SMILES string of the molecule is O=C1CCC(NCCc2cccc(C(F)(F)F)c2)CCN1CC1CC1. The molecular weight excluding hydrogens is 329 g/mol. The van der Waals surface area contributed by atoms with Crippen LogP contribution in [0.25, 0.3) is 0 Å².